The molecular weight excluding hydrogens is 225 g/mol. The Kier molecular flexibility index (Phi) is 2.56. The van der Waals surface area contributed by atoms with Crippen molar-refractivity contribution in [2.45, 2.75) is 6.92 Å². The lowest BCUT2D eigenvalue weighted by Crippen LogP contribution is -1.88. The fourth-order valence-corrected chi connectivity index (χ4v) is 2.21. The number of hydrogen-bond donors (Lipinski definition) is 0. The molecule has 18 heavy (non-hydrogen) atoms. The summed E-state index contributed by atoms with van der Waals surface area (Å²) >= 11 is 0. The first kappa shape index (κ1) is 10.9. The van der Waals surface area contributed by atoms with Crippen LogP contribution in [0, 0.1) is 12.7 Å². The molecule has 0 unspecified atom stereocenters. The third kappa shape index (κ3) is 1.76. The van der Waals surface area contributed by atoms with Crippen molar-refractivity contribution < 1.29 is 4.39 Å². The zero-order valence-corrected chi connectivity index (χ0v) is 10.0. The highest BCUT2D eigenvalue weighted by molar-refractivity contribution is 5.97. The predicted octanol–water partition coefficient (Wildman–Crippen LogP) is 4.35. The molecule has 0 aliphatic carbocycles. The molecule has 0 amide bonds. The molecular formula is C16H12FN. The van der Waals surface area contributed by atoms with E-state index < -0.39 is 0 Å². The van der Waals surface area contributed by atoms with Crippen LogP contribution >= 0.6 is 0 Å². The van der Waals surface area contributed by atoms with Gasteiger partial charge >= 0.3 is 0 Å². The largest absolute Gasteiger partial charge is 0.253 e. The van der Waals surface area contributed by atoms with Crippen molar-refractivity contribution in [2.75, 3.05) is 0 Å². The molecule has 2 aromatic carbocycles. The van der Waals surface area contributed by atoms with Gasteiger partial charge in [0.05, 0.1) is 11.9 Å². The predicted molar refractivity (Wildman–Crippen MR) is 71.9 cm³/mol. The van der Waals surface area contributed by atoms with Gasteiger partial charge in [-0.1, -0.05) is 36.4 Å². The molecule has 1 nitrogen and oxygen atoms in total. The van der Waals surface area contributed by atoms with E-state index in [1.165, 1.54) is 23.2 Å². The van der Waals surface area contributed by atoms with Gasteiger partial charge in [0.25, 0.3) is 0 Å². The molecule has 2 heteroatoms. The number of rotatable bonds is 1. The zero-order valence-electron chi connectivity index (χ0n) is 10.0. The van der Waals surface area contributed by atoms with Crippen LogP contribution in [-0.2, 0) is 0 Å². The molecule has 0 saturated carbocycles. The van der Waals surface area contributed by atoms with E-state index in [2.05, 4.69) is 30.1 Å². The van der Waals surface area contributed by atoms with E-state index in [0.29, 0.717) is 0 Å². The lowest BCUT2D eigenvalue weighted by Gasteiger charge is -2.08. The Morgan fingerprint density at radius 1 is 0.889 bits per heavy atom. The Morgan fingerprint density at radius 3 is 2.39 bits per heavy atom. The third-order valence-corrected chi connectivity index (χ3v) is 3.15. The highest BCUT2D eigenvalue weighted by Gasteiger charge is 2.06. The number of fused-ring (bicyclic) bond motifs is 1. The molecule has 3 rings (SSSR count). The van der Waals surface area contributed by atoms with E-state index in [9.17, 15) is 4.39 Å². The minimum Gasteiger partial charge on any atom is -0.253 e. The summed E-state index contributed by atoms with van der Waals surface area (Å²) in [6.07, 6.45) is 1.25. The van der Waals surface area contributed by atoms with Crippen LogP contribution in [0.3, 0.4) is 0 Å². The van der Waals surface area contributed by atoms with Gasteiger partial charge in [-0.2, -0.15) is 0 Å². The molecule has 0 fully saturated rings. The summed E-state index contributed by atoms with van der Waals surface area (Å²) < 4.78 is 12.9. The number of aryl methyl sites for hydroxylation is 1. The van der Waals surface area contributed by atoms with E-state index in [1.807, 2.05) is 18.2 Å². The van der Waals surface area contributed by atoms with E-state index in [1.54, 1.807) is 6.07 Å². The lowest BCUT2D eigenvalue weighted by atomic mass is 9.98. The van der Waals surface area contributed by atoms with Crippen LogP contribution in [0.1, 0.15) is 5.56 Å². The van der Waals surface area contributed by atoms with Crippen LogP contribution in [0.4, 0.5) is 4.39 Å². The molecule has 0 atom stereocenters. The summed E-state index contributed by atoms with van der Waals surface area (Å²) in [7, 11) is 0. The second kappa shape index (κ2) is 4.22. The number of hydrogen-bond acceptors (Lipinski definition) is 1. The van der Waals surface area contributed by atoms with Crippen LogP contribution in [0.15, 0.2) is 54.7 Å². The van der Waals surface area contributed by atoms with Crippen molar-refractivity contribution >= 4 is 10.8 Å². The maximum atomic E-state index is 12.9. The maximum absolute atomic E-state index is 12.9. The Morgan fingerprint density at radius 2 is 1.67 bits per heavy atom. The summed E-state index contributed by atoms with van der Waals surface area (Å²) in [4.78, 5) is 4.15. The first-order valence-electron chi connectivity index (χ1n) is 5.86. The van der Waals surface area contributed by atoms with Gasteiger partial charge in [0.1, 0.15) is 5.82 Å². The van der Waals surface area contributed by atoms with Crippen LogP contribution < -0.4 is 0 Å². The van der Waals surface area contributed by atoms with E-state index in [-0.39, 0.29) is 5.82 Å². The van der Waals surface area contributed by atoms with Crippen LogP contribution in [-0.4, -0.2) is 4.98 Å². The monoisotopic (exact) mass is 237 g/mol. The molecule has 1 heterocycles. The van der Waals surface area contributed by atoms with Gasteiger partial charge in [-0.25, -0.2) is 4.39 Å². The number of benzene rings is 2. The smallest absolute Gasteiger partial charge is 0.141 e. The molecule has 0 N–H and O–H groups in total. The number of nitrogens with zero attached hydrogens (tertiary/aromatic N) is 1. The first-order valence-corrected chi connectivity index (χ1v) is 5.86. The van der Waals surface area contributed by atoms with Gasteiger partial charge in [-0.05, 0) is 35.4 Å². The third-order valence-electron chi connectivity index (χ3n) is 3.15. The molecule has 3 aromatic rings. The van der Waals surface area contributed by atoms with Gasteiger partial charge in [0.15, 0.2) is 0 Å². The van der Waals surface area contributed by atoms with Crippen LogP contribution in [0.25, 0.3) is 22.0 Å². The van der Waals surface area contributed by atoms with Crippen molar-refractivity contribution in [1.82, 2.24) is 4.98 Å². The van der Waals surface area contributed by atoms with Gasteiger partial charge < -0.3 is 0 Å². The Balaban J connectivity index is 2.30. The Hall–Kier alpha value is -2.22. The highest BCUT2D eigenvalue weighted by Crippen LogP contribution is 2.29. The van der Waals surface area contributed by atoms with Gasteiger partial charge in [0.2, 0.25) is 0 Å². The standard InChI is InChI=1S/C16H12FN/c1-11-6-8-15(14-5-3-2-4-13(11)14)16-9-7-12(17)10-18-16/h2-10H,1H3. The van der Waals surface area contributed by atoms with Gasteiger partial charge in [-0.3, -0.25) is 4.98 Å². The Bertz CT molecular complexity index is 702. The Labute approximate surface area is 105 Å². The summed E-state index contributed by atoms with van der Waals surface area (Å²) in [5.41, 5.74) is 3.07. The number of halogens is 1. The minimum absolute atomic E-state index is 0.310. The normalized spacial score (nSPS) is 10.8. The molecule has 0 aliphatic rings. The highest BCUT2D eigenvalue weighted by atomic mass is 19.1. The molecule has 0 aliphatic heterocycles. The topological polar surface area (TPSA) is 12.9 Å². The molecule has 0 bridgehead atoms. The van der Waals surface area contributed by atoms with E-state index in [0.717, 1.165) is 16.6 Å². The summed E-state index contributed by atoms with van der Waals surface area (Å²) in [6.45, 7) is 2.09. The SMILES string of the molecule is Cc1ccc(-c2ccc(F)cn2)c2ccccc12. The minimum atomic E-state index is -0.310. The van der Waals surface area contributed by atoms with Gasteiger partial charge in [0, 0.05) is 5.56 Å². The lowest BCUT2D eigenvalue weighted by molar-refractivity contribution is 0.622. The van der Waals surface area contributed by atoms with Gasteiger partial charge in [-0.15, -0.1) is 0 Å². The van der Waals surface area contributed by atoms with Crippen molar-refractivity contribution in [2.24, 2.45) is 0 Å². The van der Waals surface area contributed by atoms with E-state index in [4.69, 9.17) is 0 Å². The second-order valence-electron chi connectivity index (χ2n) is 4.34. The molecule has 0 radical (unpaired) electrons. The number of aromatic nitrogens is 1. The van der Waals surface area contributed by atoms with E-state index >= 15 is 0 Å². The van der Waals surface area contributed by atoms with Crippen LogP contribution in [0.2, 0.25) is 0 Å². The molecule has 0 saturated heterocycles. The average Bonchev–Trinajstić information content (AvgIpc) is 2.41. The quantitative estimate of drug-likeness (QED) is 0.613. The fraction of sp³-hybridized carbons (Fsp3) is 0.0625. The molecule has 0 spiro atoms. The summed E-state index contributed by atoms with van der Waals surface area (Å²) in [5, 5.41) is 2.36. The van der Waals surface area contributed by atoms with Crippen molar-refractivity contribution in [1.29, 1.82) is 0 Å². The zero-order chi connectivity index (χ0) is 12.5. The van der Waals surface area contributed by atoms with Crippen molar-refractivity contribution in [3.05, 3.63) is 66.1 Å². The van der Waals surface area contributed by atoms with Crippen molar-refractivity contribution in [3.8, 4) is 11.3 Å². The summed E-state index contributed by atoms with van der Waals surface area (Å²) in [6, 6.07) is 15.5. The maximum Gasteiger partial charge on any atom is 0.141 e. The summed E-state index contributed by atoms with van der Waals surface area (Å²) in [5.74, 6) is -0.310. The van der Waals surface area contributed by atoms with Crippen molar-refractivity contribution in [3.63, 3.8) is 0 Å². The molecule has 1 aromatic heterocycles. The van der Waals surface area contributed by atoms with Crippen LogP contribution in [0.5, 0.6) is 0 Å². The first-order chi connectivity index (χ1) is 8.75. The molecule has 88 valence electrons. The average molecular weight is 237 g/mol. The second-order valence-corrected chi connectivity index (χ2v) is 4.34. The number of pyridine rings is 1. The fourth-order valence-electron chi connectivity index (χ4n) is 2.21.